The molecule has 0 aliphatic carbocycles. The summed E-state index contributed by atoms with van der Waals surface area (Å²) in [5.74, 6) is -0.298. The second kappa shape index (κ2) is 7.42. The van der Waals surface area contributed by atoms with E-state index in [0.29, 0.717) is 12.1 Å². The van der Waals surface area contributed by atoms with E-state index in [1.54, 1.807) is 18.0 Å². The molecule has 1 heterocycles. The molecule has 0 aliphatic rings. The van der Waals surface area contributed by atoms with Gasteiger partial charge in [0.25, 0.3) is 5.91 Å². The molecule has 1 aromatic carbocycles. The largest absolute Gasteiger partial charge is 0.435 e. The van der Waals surface area contributed by atoms with Gasteiger partial charge in [-0.15, -0.1) is 0 Å². The second-order valence-corrected chi connectivity index (χ2v) is 5.53. The number of benzene rings is 1. The zero-order valence-corrected chi connectivity index (χ0v) is 14.2. The number of rotatable bonds is 6. The number of carbonyl (C=O) groups is 1. The van der Waals surface area contributed by atoms with Crippen LogP contribution >= 0.6 is 0 Å². The summed E-state index contributed by atoms with van der Waals surface area (Å²) in [4.78, 5) is 14.1. The standard InChI is InChI=1S/C17H21F2N3O2/c1-5-22-12(3)15(11(2)20-22)10-21(4)16(23)13-7-6-8-14(9-13)24-17(18)19/h6-9,17H,5,10H2,1-4H3. The Bertz CT molecular complexity index is 729. The Morgan fingerprint density at radius 2 is 2.08 bits per heavy atom. The number of amides is 1. The van der Waals surface area contributed by atoms with Crippen LogP contribution in [0.3, 0.4) is 0 Å². The van der Waals surface area contributed by atoms with Gasteiger partial charge >= 0.3 is 6.61 Å². The molecule has 0 atom stereocenters. The molecular weight excluding hydrogens is 316 g/mol. The van der Waals surface area contributed by atoms with Crippen LogP contribution in [0.4, 0.5) is 8.78 Å². The van der Waals surface area contributed by atoms with Crippen molar-refractivity contribution in [2.45, 2.75) is 40.5 Å². The number of carbonyl (C=O) groups excluding carboxylic acids is 1. The first-order chi connectivity index (χ1) is 11.3. The first kappa shape index (κ1) is 17.9. The summed E-state index contributed by atoms with van der Waals surface area (Å²) in [6.45, 7) is 4.12. The van der Waals surface area contributed by atoms with Crippen molar-refractivity contribution in [1.82, 2.24) is 14.7 Å². The zero-order valence-electron chi connectivity index (χ0n) is 14.2. The van der Waals surface area contributed by atoms with Crippen LogP contribution in [0.15, 0.2) is 24.3 Å². The summed E-state index contributed by atoms with van der Waals surface area (Å²) in [5, 5.41) is 4.44. The molecule has 0 fully saturated rings. The van der Waals surface area contributed by atoms with Gasteiger partial charge in [-0.1, -0.05) is 6.07 Å². The summed E-state index contributed by atoms with van der Waals surface area (Å²) in [5.41, 5.74) is 3.19. The number of hydrogen-bond donors (Lipinski definition) is 0. The summed E-state index contributed by atoms with van der Waals surface area (Å²) < 4.78 is 30.8. The van der Waals surface area contributed by atoms with Gasteiger partial charge < -0.3 is 9.64 Å². The first-order valence-electron chi connectivity index (χ1n) is 7.66. The SMILES string of the molecule is CCn1nc(C)c(CN(C)C(=O)c2cccc(OC(F)F)c2)c1C. The highest BCUT2D eigenvalue weighted by Crippen LogP contribution is 2.19. The lowest BCUT2D eigenvalue weighted by Crippen LogP contribution is -2.26. The van der Waals surface area contributed by atoms with E-state index in [-0.39, 0.29) is 11.7 Å². The third kappa shape index (κ3) is 3.90. The highest BCUT2D eigenvalue weighted by molar-refractivity contribution is 5.94. The van der Waals surface area contributed by atoms with E-state index in [1.807, 2.05) is 25.5 Å². The molecule has 0 radical (unpaired) electrons. The molecule has 5 nitrogen and oxygen atoms in total. The van der Waals surface area contributed by atoms with Crippen molar-refractivity contribution in [2.24, 2.45) is 0 Å². The van der Waals surface area contributed by atoms with E-state index in [1.165, 1.54) is 18.2 Å². The molecule has 2 rings (SSSR count). The maximum absolute atomic E-state index is 12.5. The maximum atomic E-state index is 12.5. The fourth-order valence-corrected chi connectivity index (χ4v) is 2.61. The molecule has 130 valence electrons. The van der Waals surface area contributed by atoms with Crippen molar-refractivity contribution in [3.05, 3.63) is 46.8 Å². The predicted octanol–water partition coefficient (Wildman–Crippen LogP) is 3.39. The molecule has 0 unspecified atom stereocenters. The molecule has 0 saturated heterocycles. The van der Waals surface area contributed by atoms with Crippen LogP contribution in [0, 0.1) is 13.8 Å². The second-order valence-electron chi connectivity index (χ2n) is 5.53. The van der Waals surface area contributed by atoms with Gasteiger partial charge in [0, 0.05) is 37.0 Å². The van der Waals surface area contributed by atoms with Gasteiger partial charge in [-0.2, -0.15) is 13.9 Å². The van der Waals surface area contributed by atoms with Gasteiger partial charge in [0.1, 0.15) is 5.75 Å². The molecule has 7 heteroatoms. The summed E-state index contributed by atoms with van der Waals surface area (Å²) in [7, 11) is 1.67. The smallest absolute Gasteiger partial charge is 0.387 e. The highest BCUT2D eigenvalue weighted by Gasteiger charge is 2.18. The summed E-state index contributed by atoms with van der Waals surface area (Å²) in [6.07, 6.45) is 0. The maximum Gasteiger partial charge on any atom is 0.387 e. The zero-order chi connectivity index (χ0) is 17.9. The summed E-state index contributed by atoms with van der Waals surface area (Å²) in [6, 6.07) is 5.80. The van der Waals surface area contributed by atoms with Gasteiger partial charge in [-0.3, -0.25) is 9.48 Å². The Kier molecular flexibility index (Phi) is 5.54. The fourth-order valence-electron chi connectivity index (χ4n) is 2.61. The van der Waals surface area contributed by atoms with Crippen LogP contribution in [0.25, 0.3) is 0 Å². The molecule has 0 spiro atoms. The predicted molar refractivity (Wildman–Crippen MR) is 86.2 cm³/mol. The Labute approximate surface area is 139 Å². The molecule has 0 saturated carbocycles. The third-order valence-corrected chi connectivity index (χ3v) is 3.88. The molecule has 1 amide bonds. The Morgan fingerprint density at radius 1 is 1.38 bits per heavy atom. The minimum absolute atomic E-state index is 0.0320. The van der Waals surface area contributed by atoms with Crippen molar-refractivity contribution in [3.8, 4) is 5.75 Å². The van der Waals surface area contributed by atoms with E-state index < -0.39 is 6.61 Å². The molecule has 24 heavy (non-hydrogen) atoms. The van der Waals surface area contributed by atoms with Crippen LogP contribution in [0.5, 0.6) is 5.75 Å². The molecule has 0 N–H and O–H groups in total. The Balaban J connectivity index is 2.17. The normalized spacial score (nSPS) is 11.0. The molecule has 0 bridgehead atoms. The van der Waals surface area contributed by atoms with Gasteiger partial charge in [0.15, 0.2) is 0 Å². The van der Waals surface area contributed by atoms with Crippen molar-refractivity contribution >= 4 is 5.91 Å². The molecular formula is C17H21F2N3O2. The van der Waals surface area contributed by atoms with Crippen LogP contribution in [-0.2, 0) is 13.1 Å². The lowest BCUT2D eigenvalue weighted by atomic mass is 10.1. The lowest BCUT2D eigenvalue weighted by molar-refractivity contribution is -0.0499. The van der Waals surface area contributed by atoms with Crippen molar-refractivity contribution in [3.63, 3.8) is 0 Å². The number of hydrogen-bond acceptors (Lipinski definition) is 3. The highest BCUT2D eigenvalue weighted by atomic mass is 19.3. The van der Waals surface area contributed by atoms with Gasteiger partial charge in [0.05, 0.1) is 5.69 Å². The van der Waals surface area contributed by atoms with Crippen molar-refractivity contribution in [1.29, 1.82) is 0 Å². The van der Waals surface area contributed by atoms with E-state index in [0.717, 1.165) is 23.5 Å². The quantitative estimate of drug-likeness (QED) is 0.812. The van der Waals surface area contributed by atoms with Crippen LogP contribution in [0.1, 0.15) is 34.2 Å². The van der Waals surface area contributed by atoms with E-state index >= 15 is 0 Å². The average molecular weight is 337 g/mol. The average Bonchev–Trinajstić information content (AvgIpc) is 2.81. The lowest BCUT2D eigenvalue weighted by Gasteiger charge is -2.18. The Morgan fingerprint density at radius 3 is 2.67 bits per heavy atom. The van der Waals surface area contributed by atoms with Gasteiger partial charge in [-0.25, -0.2) is 0 Å². The summed E-state index contributed by atoms with van der Waals surface area (Å²) >= 11 is 0. The van der Waals surface area contributed by atoms with Gasteiger partial charge in [-0.05, 0) is 39.0 Å². The number of aryl methyl sites for hydroxylation is 2. The van der Waals surface area contributed by atoms with Crippen LogP contribution in [0.2, 0.25) is 0 Å². The van der Waals surface area contributed by atoms with E-state index in [4.69, 9.17) is 0 Å². The molecule has 1 aromatic heterocycles. The van der Waals surface area contributed by atoms with Gasteiger partial charge in [0.2, 0.25) is 0 Å². The number of alkyl halides is 2. The van der Waals surface area contributed by atoms with E-state index in [9.17, 15) is 13.6 Å². The molecule has 0 aliphatic heterocycles. The number of halogens is 2. The topological polar surface area (TPSA) is 47.4 Å². The van der Waals surface area contributed by atoms with Crippen LogP contribution in [-0.4, -0.2) is 34.2 Å². The fraction of sp³-hybridized carbons (Fsp3) is 0.412. The Hall–Kier alpha value is -2.44. The monoisotopic (exact) mass is 337 g/mol. The molecule has 2 aromatic rings. The minimum Gasteiger partial charge on any atom is -0.435 e. The van der Waals surface area contributed by atoms with Crippen molar-refractivity contribution < 1.29 is 18.3 Å². The number of nitrogens with zero attached hydrogens (tertiary/aromatic N) is 3. The van der Waals surface area contributed by atoms with E-state index in [2.05, 4.69) is 9.84 Å². The minimum atomic E-state index is -2.92. The third-order valence-electron chi connectivity index (χ3n) is 3.88. The van der Waals surface area contributed by atoms with Crippen LogP contribution < -0.4 is 4.74 Å². The first-order valence-corrected chi connectivity index (χ1v) is 7.66. The number of ether oxygens (including phenoxy) is 1. The van der Waals surface area contributed by atoms with Crippen molar-refractivity contribution in [2.75, 3.05) is 7.05 Å². The number of aromatic nitrogens is 2.